The SMILES string of the molecule is Cc1cc2c(N(c3ccccc3)c3ccccc3)c(C)cc3c4cc5c(cc4c(c1)c23)c(-c1ccccc1)c1c2ccccc2c2cccc5c21. The van der Waals surface area contributed by atoms with E-state index in [0.29, 0.717) is 0 Å². The van der Waals surface area contributed by atoms with Gasteiger partial charge < -0.3 is 4.90 Å². The number of benzene rings is 9. The maximum absolute atomic E-state index is 2.52. The Morgan fingerprint density at radius 1 is 0.333 bits per heavy atom. The predicted octanol–water partition coefficient (Wildman–Crippen LogP) is 14.4. The van der Waals surface area contributed by atoms with Crippen molar-refractivity contribution in [3.8, 4) is 11.1 Å². The standard InChI is InChI=1S/C50H33N/c1-30-25-42-41-29-44-39(38-24-14-23-36-35-21-12-13-22-37(35)49(48(36)38)46(44)32-15-6-3-7-16-32)28-40(41)43-27-31(2)50(45(26-30)47(42)43)51(33-17-8-4-9-18-33)34-19-10-5-11-20-34/h3-29H,1-2H3. The van der Waals surface area contributed by atoms with Crippen LogP contribution in [0.1, 0.15) is 11.1 Å². The third-order valence-electron chi connectivity index (χ3n) is 11.2. The van der Waals surface area contributed by atoms with E-state index < -0.39 is 0 Å². The van der Waals surface area contributed by atoms with E-state index in [4.69, 9.17) is 0 Å². The fraction of sp³-hybridized carbons (Fsp3) is 0.0400. The zero-order chi connectivity index (χ0) is 33.8. The van der Waals surface area contributed by atoms with E-state index in [9.17, 15) is 0 Å². The molecule has 0 bridgehead atoms. The molecule has 238 valence electrons. The molecule has 51 heavy (non-hydrogen) atoms. The molecule has 0 unspecified atom stereocenters. The van der Waals surface area contributed by atoms with E-state index in [-0.39, 0.29) is 0 Å². The number of para-hydroxylation sites is 2. The summed E-state index contributed by atoms with van der Waals surface area (Å²) in [5.41, 5.74) is 8.66. The summed E-state index contributed by atoms with van der Waals surface area (Å²) in [6.45, 7) is 4.53. The fourth-order valence-electron chi connectivity index (χ4n) is 9.23. The molecule has 0 spiro atoms. The van der Waals surface area contributed by atoms with Crippen LogP contribution in [-0.2, 0) is 0 Å². The highest BCUT2D eigenvalue weighted by Gasteiger charge is 2.25. The number of aryl methyl sites for hydroxylation is 2. The Balaban J connectivity index is 1.33. The summed E-state index contributed by atoms with van der Waals surface area (Å²) in [4.78, 5) is 2.44. The highest BCUT2D eigenvalue weighted by Crippen LogP contribution is 2.52. The van der Waals surface area contributed by atoms with Crippen molar-refractivity contribution in [1.82, 2.24) is 0 Å². The van der Waals surface area contributed by atoms with Gasteiger partial charge in [-0.2, -0.15) is 0 Å². The minimum absolute atomic E-state index is 1.16. The lowest BCUT2D eigenvalue weighted by molar-refractivity contribution is 1.27. The van der Waals surface area contributed by atoms with Gasteiger partial charge in [0.15, 0.2) is 0 Å². The molecule has 0 radical (unpaired) electrons. The summed E-state index contributed by atoms with van der Waals surface area (Å²) in [5, 5.41) is 18.6. The first-order valence-electron chi connectivity index (χ1n) is 17.9. The van der Waals surface area contributed by atoms with Crippen LogP contribution in [0.5, 0.6) is 0 Å². The van der Waals surface area contributed by atoms with Crippen molar-refractivity contribution in [3.63, 3.8) is 0 Å². The Hall–Kier alpha value is -6.44. The van der Waals surface area contributed by atoms with Gasteiger partial charge in [0.2, 0.25) is 0 Å². The predicted molar refractivity (Wildman–Crippen MR) is 221 cm³/mol. The largest absolute Gasteiger partial charge is 0.310 e. The zero-order valence-corrected chi connectivity index (χ0v) is 28.5. The number of hydrogen-bond acceptors (Lipinski definition) is 1. The van der Waals surface area contributed by atoms with E-state index in [0.717, 1.165) is 11.4 Å². The molecule has 0 aliphatic rings. The number of fused-ring (bicyclic) bond motifs is 8. The van der Waals surface area contributed by atoms with E-state index in [1.54, 1.807) is 0 Å². The van der Waals surface area contributed by atoms with Crippen LogP contribution >= 0.6 is 0 Å². The molecule has 1 heteroatoms. The molecule has 0 saturated heterocycles. The molecular formula is C50H33N. The van der Waals surface area contributed by atoms with E-state index in [1.165, 1.54) is 103 Å². The monoisotopic (exact) mass is 647 g/mol. The molecule has 0 atom stereocenters. The van der Waals surface area contributed by atoms with Crippen LogP contribution in [0.3, 0.4) is 0 Å². The summed E-state index contributed by atoms with van der Waals surface area (Å²) in [7, 11) is 0. The third-order valence-corrected chi connectivity index (χ3v) is 11.2. The van der Waals surface area contributed by atoms with Gasteiger partial charge in [-0.3, -0.25) is 0 Å². The molecule has 0 heterocycles. The second-order valence-corrected chi connectivity index (χ2v) is 14.2. The lowest BCUT2D eigenvalue weighted by atomic mass is 9.88. The molecule has 11 aromatic carbocycles. The first-order valence-corrected chi connectivity index (χ1v) is 17.9. The zero-order valence-electron chi connectivity index (χ0n) is 28.5. The summed E-state index contributed by atoms with van der Waals surface area (Å²) < 4.78 is 0. The van der Waals surface area contributed by atoms with Gasteiger partial charge in [-0.05, 0) is 155 Å². The van der Waals surface area contributed by atoms with Crippen molar-refractivity contribution in [2.45, 2.75) is 13.8 Å². The molecule has 0 saturated carbocycles. The molecular weight excluding hydrogens is 615 g/mol. The molecule has 1 nitrogen and oxygen atoms in total. The van der Waals surface area contributed by atoms with Crippen LogP contribution in [0.25, 0.3) is 86.5 Å². The third kappa shape index (κ3) is 3.92. The van der Waals surface area contributed by atoms with Gasteiger partial charge in [-0.25, -0.2) is 0 Å². The van der Waals surface area contributed by atoms with Gasteiger partial charge in [0.05, 0.1) is 5.69 Å². The van der Waals surface area contributed by atoms with Gasteiger partial charge >= 0.3 is 0 Å². The molecule has 0 amide bonds. The first-order chi connectivity index (χ1) is 25.2. The van der Waals surface area contributed by atoms with Gasteiger partial charge in [-0.15, -0.1) is 0 Å². The minimum atomic E-state index is 1.16. The van der Waals surface area contributed by atoms with Crippen molar-refractivity contribution < 1.29 is 0 Å². The molecule has 11 aromatic rings. The Morgan fingerprint density at radius 2 is 0.824 bits per heavy atom. The van der Waals surface area contributed by atoms with Crippen LogP contribution in [0.2, 0.25) is 0 Å². The van der Waals surface area contributed by atoms with E-state index in [1.807, 2.05) is 0 Å². The lowest BCUT2D eigenvalue weighted by Gasteiger charge is -2.29. The average molecular weight is 648 g/mol. The van der Waals surface area contributed by atoms with Crippen molar-refractivity contribution in [1.29, 1.82) is 0 Å². The Bertz CT molecular complexity index is 3080. The minimum Gasteiger partial charge on any atom is -0.310 e. The van der Waals surface area contributed by atoms with Crippen molar-refractivity contribution in [3.05, 3.63) is 175 Å². The summed E-state index contributed by atoms with van der Waals surface area (Å²) >= 11 is 0. The number of anilines is 3. The molecule has 0 fully saturated rings. The van der Waals surface area contributed by atoms with Crippen molar-refractivity contribution in [2.24, 2.45) is 0 Å². The second-order valence-electron chi connectivity index (χ2n) is 14.2. The van der Waals surface area contributed by atoms with Crippen LogP contribution in [0, 0.1) is 13.8 Å². The molecule has 0 N–H and O–H groups in total. The Kier molecular flexibility index (Phi) is 5.86. The lowest BCUT2D eigenvalue weighted by Crippen LogP contribution is -2.11. The second kappa shape index (κ2) is 10.5. The highest BCUT2D eigenvalue weighted by atomic mass is 15.1. The van der Waals surface area contributed by atoms with E-state index in [2.05, 4.69) is 183 Å². The molecule has 0 aliphatic heterocycles. The fourth-order valence-corrected chi connectivity index (χ4v) is 9.23. The van der Waals surface area contributed by atoms with Gasteiger partial charge in [0.1, 0.15) is 0 Å². The maximum atomic E-state index is 2.52. The quantitative estimate of drug-likeness (QED) is 0.172. The summed E-state index contributed by atoms with van der Waals surface area (Å²) in [6.07, 6.45) is 0. The van der Waals surface area contributed by atoms with Gasteiger partial charge in [-0.1, -0.05) is 115 Å². The van der Waals surface area contributed by atoms with Crippen molar-refractivity contribution in [2.75, 3.05) is 4.90 Å². The van der Waals surface area contributed by atoms with Crippen LogP contribution in [0.15, 0.2) is 164 Å². The van der Waals surface area contributed by atoms with Gasteiger partial charge in [0.25, 0.3) is 0 Å². The molecule has 0 aliphatic carbocycles. The topological polar surface area (TPSA) is 3.24 Å². The smallest absolute Gasteiger partial charge is 0.0569 e. The average Bonchev–Trinajstić information content (AvgIpc) is 3.66. The van der Waals surface area contributed by atoms with Crippen LogP contribution in [-0.4, -0.2) is 0 Å². The first kappa shape index (κ1) is 28.4. The van der Waals surface area contributed by atoms with Gasteiger partial charge in [0, 0.05) is 16.8 Å². The normalized spacial score (nSPS) is 12.1. The Morgan fingerprint density at radius 3 is 1.51 bits per heavy atom. The summed E-state index contributed by atoms with van der Waals surface area (Å²) in [6, 6.07) is 60.8. The number of hydrogen-bond donors (Lipinski definition) is 0. The van der Waals surface area contributed by atoms with Crippen molar-refractivity contribution >= 4 is 92.5 Å². The maximum Gasteiger partial charge on any atom is 0.0569 e. The van der Waals surface area contributed by atoms with E-state index >= 15 is 0 Å². The molecule has 0 aromatic heterocycles. The van der Waals surface area contributed by atoms with Crippen LogP contribution < -0.4 is 4.90 Å². The van der Waals surface area contributed by atoms with Crippen LogP contribution in [0.4, 0.5) is 17.1 Å². The number of rotatable bonds is 4. The summed E-state index contributed by atoms with van der Waals surface area (Å²) in [5.74, 6) is 0. The Labute approximate surface area is 296 Å². The molecule has 11 rings (SSSR count). The number of nitrogens with zero attached hydrogens (tertiary/aromatic N) is 1. The highest BCUT2D eigenvalue weighted by molar-refractivity contribution is 6.42.